The van der Waals surface area contributed by atoms with E-state index >= 15 is 0 Å². The maximum atomic E-state index is 14.7. The minimum atomic E-state index is -0.847. The van der Waals surface area contributed by atoms with Gasteiger partial charge in [-0.15, -0.1) is 0 Å². The lowest BCUT2D eigenvalue weighted by Gasteiger charge is -2.39. The third-order valence-electron chi connectivity index (χ3n) is 7.65. The lowest BCUT2D eigenvalue weighted by atomic mass is 9.72. The molecule has 8 nitrogen and oxygen atoms in total. The normalized spacial score (nSPS) is 24.7. The number of likely N-dealkylation sites (tertiary alicyclic amines) is 1. The molecule has 1 saturated heterocycles. The third-order valence-corrected chi connectivity index (χ3v) is 7.89. The van der Waals surface area contributed by atoms with Gasteiger partial charge in [0.25, 0.3) is 0 Å². The number of nitrogens with two attached hydrogens (primary N) is 1. The van der Waals surface area contributed by atoms with Gasteiger partial charge in [-0.2, -0.15) is 0 Å². The fourth-order valence-electron chi connectivity index (χ4n) is 5.56. The van der Waals surface area contributed by atoms with E-state index < -0.39 is 16.8 Å². The molecule has 3 aliphatic rings. The number of benzene rings is 2. The predicted octanol–water partition coefficient (Wildman–Crippen LogP) is 3.53. The lowest BCUT2D eigenvalue weighted by molar-refractivity contribution is -0.133. The lowest BCUT2D eigenvalue weighted by Crippen LogP contribution is -2.47. The van der Waals surface area contributed by atoms with Crippen molar-refractivity contribution in [3.8, 4) is 5.75 Å². The van der Waals surface area contributed by atoms with Crippen LogP contribution < -0.4 is 21.1 Å². The van der Waals surface area contributed by atoms with Gasteiger partial charge < -0.3 is 26.2 Å². The van der Waals surface area contributed by atoms with Crippen molar-refractivity contribution >= 4 is 40.5 Å². The first-order chi connectivity index (χ1) is 17.1. The first-order valence-corrected chi connectivity index (χ1v) is 12.5. The Morgan fingerprint density at radius 3 is 2.69 bits per heavy atom. The van der Waals surface area contributed by atoms with Crippen LogP contribution in [0.2, 0.25) is 5.02 Å². The number of amides is 2. The number of carbonyl (C=O) groups excluding carboxylic acids is 2. The van der Waals surface area contributed by atoms with Crippen LogP contribution >= 0.6 is 11.6 Å². The van der Waals surface area contributed by atoms with E-state index in [4.69, 9.17) is 22.1 Å². The largest absolute Gasteiger partial charge is 0.492 e. The second-order valence-electron chi connectivity index (χ2n) is 10.4. The Kier molecular flexibility index (Phi) is 6.34. The molecule has 2 heterocycles. The SMILES string of the molecule is CC1(O)CC(C(=O)Nc2c(N)cc(OCCN3CCC4(CC3)C(=O)Nc3ccc(Cl)cc34)cc2F)C1. The summed E-state index contributed by atoms with van der Waals surface area (Å²) in [6.45, 7) is 4.04. The summed E-state index contributed by atoms with van der Waals surface area (Å²) in [7, 11) is 0. The Hall–Kier alpha value is -2.88. The number of hydrogen-bond donors (Lipinski definition) is 4. The standard InChI is InChI=1S/C26H30ClFN4O4/c1-25(35)13-15(14-25)23(33)31-22-19(28)11-17(12-20(22)29)36-9-8-32-6-4-26(5-7-32)18-10-16(27)2-3-21(18)30-24(26)34/h2-3,10-12,15,35H,4-9,13-14,29H2,1H3,(H,30,34)(H,31,33). The molecule has 0 unspecified atom stereocenters. The molecule has 10 heteroatoms. The number of halogens is 2. The first-order valence-electron chi connectivity index (χ1n) is 12.2. The molecule has 1 saturated carbocycles. The molecule has 2 amide bonds. The number of rotatable bonds is 6. The molecular formula is C26H30ClFN4O4. The minimum absolute atomic E-state index is 0.0245. The van der Waals surface area contributed by atoms with Crippen molar-refractivity contribution in [2.75, 3.05) is 42.6 Å². The van der Waals surface area contributed by atoms with Crippen molar-refractivity contribution in [2.45, 2.75) is 43.6 Å². The van der Waals surface area contributed by atoms with Gasteiger partial charge in [-0.25, -0.2) is 4.39 Å². The molecule has 0 atom stereocenters. The Morgan fingerprint density at radius 1 is 1.31 bits per heavy atom. The van der Waals surface area contributed by atoms with Gasteiger partial charge in [0.15, 0.2) is 5.82 Å². The fraction of sp³-hybridized carbons (Fsp3) is 0.462. The summed E-state index contributed by atoms with van der Waals surface area (Å²) >= 11 is 6.19. The summed E-state index contributed by atoms with van der Waals surface area (Å²) in [5.41, 5.74) is 6.39. The number of fused-ring (bicyclic) bond motifs is 2. The molecular weight excluding hydrogens is 487 g/mol. The van der Waals surface area contributed by atoms with Crippen LogP contribution in [0.3, 0.4) is 0 Å². The highest BCUT2D eigenvalue weighted by molar-refractivity contribution is 6.31. The summed E-state index contributed by atoms with van der Waals surface area (Å²) in [5.74, 6) is -1.09. The van der Waals surface area contributed by atoms with Gasteiger partial charge in [0, 0.05) is 35.3 Å². The zero-order chi connectivity index (χ0) is 25.7. The van der Waals surface area contributed by atoms with Gasteiger partial charge in [-0.1, -0.05) is 11.6 Å². The number of nitrogen functional groups attached to an aromatic ring is 1. The average molecular weight is 517 g/mol. The molecule has 1 spiro atoms. The molecule has 0 aromatic heterocycles. The molecule has 2 aliphatic heterocycles. The van der Waals surface area contributed by atoms with Crippen molar-refractivity contribution in [1.82, 2.24) is 4.90 Å². The summed E-state index contributed by atoms with van der Waals surface area (Å²) in [6, 6.07) is 8.21. The maximum Gasteiger partial charge on any atom is 0.235 e. The number of nitrogens with one attached hydrogen (secondary N) is 2. The molecule has 1 aliphatic carbocycles. The Bertz CT molecular complexity index is 1180. The predicted molar refractivity (Wildman–Crippen MR) is 136 cm³/mol. The van der Waals surface area contributed by atoms with E-state index in [1.807, 2.05) is 12.1 Å². The van der Waals surface area contributed by atoms with Gasteiger partial charge in [-0.3, -0.25) is 14.5 Å². The maximum absolute atomic E-state index is 14.7. The van der Waals surface area contributed by atoms with E-state index in [0.717, 1.165) is 24.3 Å². The van der Waals surface area contributed by atoms with Crippen LogP contribution in [0.4, 0.5) is 21.5 Å². The summed E-state index contributed by atoms with van der Waals surface area (Å²) in [5, 5.41) is 16.0. The van der Waals surface area contributed by atoms with Crippen LogP contribution in [0.25, 0.3) is 0 Å². The number of ether oxygens (including phenoxy) is 1. The topological polar surface area (TPSA) is 117 Å². The van der Waals surface area contributed by atoms with Crippen LogP contribution in [0.1, 0.15) is 38.2 Å². The van der Waals surface area contributed by atoms with Gasteiger partial charge >= 0.3 is 0 Å². The number of hydrogen-bond acceptors (Lipinski definition) is 6. The van der Waals surface area contributed by atoms with Crippen molar-refractivity contribution < 1.29 is 23.8 Å². The second kappa shape index (κ2) is 9.21. The third kappa shape index (κ3) is 4.63. The average Bonchev–Trinajstić information content (AvgIpc) is 3.06. The number of carbonyl (C=O) groups is 2. The van der Waals surface area contributed by atoms with Crippen LogP contribution in [0.15, 0.2) is 30.3 Å². The van der Waals surface area contributed by atoms with E-state index in [0.29, 0.717) is 43.9 Å². The Labute approximate surface area is 213 Å². The van der Waals surface area contributed by atoms with Crippen molar-refractivity contribution in [1.29, 1.82) is 0 Å². The van der Waals surface area contributed by atoms with Gasteiger partial charge in [0.2, 0.25) is 11.8 Å². The fourth-order valence-corrected chi connectivity index (χ4v) is 5.73. The highest BCUT2D eigenvalue weighted by atomic mass is 35.5. The van der Waals surface area contributed by atoms with E-state index in [1.165, 1.54) is 12.1 Å². The van der Waals surface area contributed by atoms with Crippen molar-refractivity contribution in [3.63, 3.8) is 0 Å². The van der Waals surface area contributed by atoms with Gasteiger partial charge in [0.1, 0.15) is 18.0 Å². The van der Waals surface area contributed by atoms with Crippen molar-refractivity contribution in [3.05, 3.63) is 46.7 Å². The van der Waals surface area contributed by atoms with Crippen LogP contribution in [0.5, 0.6) is 5.75 Å². The highest BCUT2D eigenvalue weighted by Gasteiger charge is 2.48. The molecule has 36 heavy (non-hydrogen) atoms. The molecule has 2 aromatic carbocycles. The molecule has 0 radical (unpaired) electrons. The van der Waals surface area contributed by atoms with E-state index in [-0.39, 0.29) is 34.9 Å². The quantitative estimate of drug-likeness (QED) is 0.436. The summed E-state index contributed by atoms with van der Waals surface area (Å²) in [6.07, 6.45) is 2.03. The first kappa shape index (κ1) is 24.8. The van der Waals surface area contributed by atoms with Gasteiger partial charge in [0.05, 0.1) is 16.7 Å². The zero-order valence-corrected chi connectivity index (χ0v) is 20.8. The van der Waals surface area contributed by atoms with E-state index in [9.17, 15) is 19.1 Å². The minimum Gasteiger partial charge on any atom is -0.492 e. The number of nitrogens with zero attached hydrogens (tertiary/aromatic N) is 1. The van der Waals surface area contributed by atoms with E-state index in [1.54, 1.807) is 13.0 Å². The summed E-state index contributed by atoms with van der Waals surface area (Å²) in [4.78, 5) is 27.3. The Morgan fingerprint density at radius 2 is 2.03 bits per heavy atom. The number of anilines is 3. The number of piperidine rings is 1. The number of aliphatic hydroxyl groups is 1. The molecule has 2 aromatic rings. The summed E-state index contributed by atoms with van der Waals surface area (Å²) < 4.78 is 20.4. The Balaban J connectivity index is 1.13. The van der Waals surface area contributed by atoms with Crippen molar-refractivity contribution in [2.24, 2.45) is 5.92 Å². The smallest absolute Gasteiger partial charge is 0.235 e. The second-order valence-corrected chi connectivity index (χ2v) is 10.8. The monoisotopic (exact) mass is 516 g/mol. The zero-order valence-electron chi connectivity index (χ0n) is 20.1. The highest BCUT2D eigenvalue weighted by Crippen LogP contribution is 2.45. The van der Waals surface area contributed by atoms with Crippen LogP contribution in [0, 0.1) is 11.7 Å². The molecule has 0 bridgehead atoms. The molecule has 5 rings (SSSR count). The van der Waals surface area contributed by atoms with Crippen LogP contribution in [-0.2, 0) is 15.0 Å². The van der Waals surface area contributed by atoms with E-state index in [2.05, 4.69) is 15.5 Å². The van der Waals surface area contributed by atoms with Crippen LogP contribution in [-0.4, -0.2) is 53.7 Å². The molecule has 192 valence electrons. The molecule has 5 N–H and O–H groups in total. The molecule has 2 fully saturated rings. The van der Waals surface area contributed by atoms with Gasteiger partial charge in [-0.05, 0) is 69.5 Å².